The fraction of sp³-hybridized carbons (Fsp3) is 0.500. The SMILES string of the molecule is C=C(C)O[C@@H]1[C@H](OC(C)=O)[C@@H](COC(C)=O)O[C@H]1n1ccc(NC(C)=O)nc1=O. The highest BCUT2D eigenvalue weighted by Crippen LogP contribution is 2.34. The van der Waals surface area contributed by atoms with E-state index in [1.807, 2.05) is 0 Å². The Morgan fingerprint density at radius 1 is 1.17 bits per heavy atom. The van der Waals surface area contributed by atoms with Crippen molar-refractivity contribution >= 4 is 23.7 Å². The van der Waals surface area contributed by atoms with Crippen LogP contribution in [0, 0.1) is 0 Å². The average Bonchev–Trinajstić information content (AvgIpc) is 2.89. The largest absolute Gasteiger partial charge is 0.487 e. The number of esters is 2. The maximum atomic E-state index is 12.5. The number of carbonyl (C=O) groups is 3. The summed E-state index contributed by atoms with van der Waals surface area (Å²) in [5.74, 6) is -1.16. The zero-order chi connectivity index (χ0) is 21.7. The molecule has 0 aromatic carbocycles. The predicted octanol–water partition coefficient (Wildman–Crippen LogP) is 0.513. The van der Waals surface area contributed by atoms with Gasteiger partial charge in [-0.15, -0.1) is 0 Å². The zero-order valence-electron chi connectivity index (χ0n) is 16.5. The Morgan fingerprint density at radius 3 is 2.38 bits per heavy atom. The van der Waals surface area contributed by atoms with Crippen molar-refractivity contribution in [2.45, 2.75) is 52.2 Å². The summed E-state index contributed by atoms with van der Waals surface area (Å²) in [4.78, 5) is 50.2. The first kappa shape index (κ1) is 22.1. The summed E-state index contributed by atoms with van der Waals surface area (Å²) in [5, 5.41) is 2.41. The molecule has 0 unspecified atom stereocenters. The highest BCUT2D eigenvalue weighted by atomic mass is 16.6. The second-order valence-electron chi connectivity index (χ2n) is 6.41. The van der Waals surface area contributed by atoms with Gasteiger partial charge in [-0.25, -0.2) is 4.79 Å². The molecule has 4 atom stereocenters. The number of allylic oxidation sites excluding steroid dienone is 1. The van der Waals surface area contributed by atoms with Crippen molar-refractivity contribution in [2.75, 3.05) is 11.9 Å². The molecule has 11 nitrogen and oxygen atoms in total. The molecule has 11 heteroatoms. The molecule has 1 fully saturated rings. The monoisotopic (exact) mass is 409 g/mol. The van der Waals surface area contributed by atoms with E-state index >= 15 is 0 Å². The highest BCUT2D eigenvalue weighted by molar-refractivity contribution is 5.87. The van der Waals surface area contributed by atoms with Gasteiger partial charge in [-0.2, -0.15) is 4.98 Å². The second-order valence-corrected chi connectivity index (χ2v) is 6.41. The summed E-state index contributed by atoms with van der Waals surface area (Å²) in [6.07, 6.45) is -2.51. The molecule has 2 rings (SSSR count). The molecular weight excluding hydrogens is 386 g/mol. The van der Waals surface area contributed by atoms with Gasteiger partial charge in [-0.1, -0.05) is 6.58 Å². The molecule has 1 aromatic rings. The Hall–Kier alpha value is -3.21. The fourth-order valence-electron chi connectivity index (χ4n) is 2.81. The molecule has 1 aliphatic rings. The Bertz CT molecular complexity index is 865. The molecule has 0 saturated carbocycles. The number of amides is 1. The molecule has 0 spiro atoms. The quantitative estimate of drug-likeness (QED) is 0.505. The Balaban J connectivity index is 2.40. The fourth-order valence-corrected chi connectivity index (χ4v) is 2.81. The summed E-state index contributed by atoms with van der Waals surface area (Å²) in [5.41, 5.74) is -0.730. The van der Waals surface area contributed by atoms with Crippen molar-refractivity contribution in [1.82, 2.24) is 9.55 Å². The first-order chi connectivity index (χ1) is 13.6. The predicted molar refractivity (Wildman–Crippen MR) is 98.6 cm³/mol. The number of hydrogen-bond acceptors (Lipinski definition) is 9. The number of nitrogens with zero attached hydrogens (tertiary/aromatic N) is 2. The van der Waals surface area contributed by atoms with Gasteiger partial charge in [-0.05, 0) is 13.0 Å². The van der Waals surface area contributed by atoms with Crippen molar-refractivity contribution in [3.05, 3.63) is 35.1 Å². The summed E-state index contributed by atoms with van der Waals surface area (Å²) in [6, 6.07) is 1.41. The first-order valence-electron chi connectivity index (χ1n) is 8.73. The third-order valence-corrected chi connectivity index (χ3v) is 3.78. The van der Waals surface area contributed by atoms with Gasteiger partial charge < -0.3 is 24.3 Å². The van der Waals surface area contributed by atoms with Crippen LogP contribution in [0.3, 0.4) is 0 Å². The van der Waals surface area contributed by atoms with E-state index in [2.05, 4.69) is 16.9 Å². The lowest BCUT2D eigenvalue weighted by Gasteiger charge is -2.25. The molecule has 0 bridgehead atoms. The Labute approximate surface area is 166 Å². The Morgan fingerprint density at radius 2 is 1.86 bits per heavy atom. The number of anilines is 1. The standard InChI is InChI=1S/C18H23N3O8/c1-9(2)27-16-15(28-12(5)24)13(8-26-11(4)23)29-17(16)21-7-6-14(19-10(3)22)20-18(21)25/h6-7,13,15-17H,1,8H2,2-5H3,(H,19,20,22,25)/t13-,15-,16-,17-/m1/s1. The van der Waals surface area contributed by atoms with E-state index in [1.54, 1.807) is 6.92 Å². The van der Waals surface area contributed by atoms with Crippen molar-refractivity contribution in [3.8, 4) is 0 Å². The number of aromatic nitrogens is 2. The van der Waals surface area contributed by atoms with Crippen molar-refractivity contribution in [2.24, 2.45) is 0 Å². The van der Waals surface area contributed by atoms with Crippen LogP contribution in [-0.2, 0) is 33.3 Å². The maximum absolute atomic E-state index is 12.5. The van der Waals surface area contributed by atoms with E-state index < -0.39 is 42.2 Å². The summed E-state index contributed by atoms with van der Waals surface area (Å²) < 4.78 is 23.0. The lowest BCUT2D eigenvalue weighted by molar-refractivity contribution is -0.157. The van der Waals surface area contributed by atoms with E-state index in [0.29, 0.717) is 5.76 Å². The minimum absolute atomic E-state index is 0.0714. The number of rotatable bonds is 7. The second kappa shape index (κ2) is 9.32. The van der Waals surface area contributed by atoms with E-state index in [4.69, 9.17) is 18.9 Å². The van der Waals surface area contributed by atoms with Crippen LogP contribution in [0.15, 0.2) is 29.4 Å². The van der Waals surface area contributed by atoms with Gasteiger partial charge in [0, 0.05) is 27.0 Å². The van der Waals surface area contributed by atoms with Gasteiger partial charge in [0.1, 0.15) is 18.5 Å². The number of ether oxygens (including phenoxy) is 4. The smallest absolute Gasteiger partial charge is 0.351 e. The van der Waals surface area contributed by atoms with Gasteiger partial charge in [0.15, 0.2) is 18.4 Å². The molecule has 0 aliphatic carbocycles. The molecular formula is C18H23N3O8. The van der Waals surface area contributed by atoms with E-state index in [0.717, 1.165) is 4.57 Å². The highest BCUT2D eigenvalue weighted by Gasteiger charge is 2.50. The molecule has 0 radical (unpaired) electrons. The van der Waals surface area contributed by atoms with Gasteiger partial charge in [0.2, 0.25) is 5.91 Å². The third-order valence-electron chi connectivity index (χ3n) is 3.78. The number of nitrogens with one attached hydrogen (secondary N) is 1. The van der Waals surface area contributed by atoms with Crippen molar-refractivity contribution in [3.63, 3.8) is 0 Å². The van der Waals surface area contributed by atoms with Crippen LogP contribution in [0.5, 0.6) is 0 Å². The molecule has 1 saturated heterocycles. The van der Waals surface area contributed by atoms with Crippen LogP contribution >= 0.6 is 0 Å². The first-order valence-corrected chi connectivity index (χ1v) is 8.73. The minimum Gasteiger partial charge on any atom is -0.487 e. The van der Waals surface area contributed by atoms with E-state index in [9.17, 15) is 19.2 Å². The topological polar surface area (TPSA) is 135 Å². The maximum Gasteiger partial charge on any atom is 0.351 e. The van der Waals surface area contributed by atoms with Crippen molar-refractivity contribution in [1.29, 1.82) is 0 Å². The van der Waals surface area contributed by atoms with Crippen LogP contribution in [0.2, 0.25) is 0 Å². The van der Waals surface area contributed by atoms with E-state index in [1.165, 1.54) is 33.0 Å². The summed E-state index contributed by atoms with van der Waals surface area (Å²) in [6.45, 7) is 8.77. The van der Waals surface area contributed by atoms with Crippen LogP contribution in [0.4, 0.5) is 5.82 Å². The minimum atomic E-state index is -1.05. The van der Waals surface area contributed by atoms with Crippen molar-refractivity contribution < 1.29 is 33.3 Å². The summed E-state index contributed by atoms with van der Waals surface area (Å²) in [7, 11) is 0. The normalized spacial score (nSPS) is 23.2. The van der Waals surface area contributed by atoms with E-state index in [-0.39, 0.29) is 18.3 Å². The van der Waals surface area contributed by atoms with Crippen LogP contribution in [0.1, 0.15) is 33.9 Å². The molecule has 1 N–H and O–H groups in total. The molecule has 29 heavy (non-hydrogen) atoms. The molecule has 1 amide bonds. The molecule has 1 aliphatic heterocycles. The lowest BCUT2D eigenvalue weighted by Crippen LogP contribution is -2.40. The van der Waals surface area contributed by atoms with Gasteiger partial charge >= 0.3 is 17.6 Å². The summed E-state index contributed by atoms with van der Waals surface area (Å²) >= 11 is 0. The van der Waals surface area contributed by atoms with Crippen LogP contribution in [0.25, 0.3) is 0 Å². The van der Waals surface area contributed by atoms with Crippen LogP contribution in [-0.4, -0.2) is 52.3 Å². The zero-order valence-corrected chi connectivity index (χ0v) is 16.5. The molecule has 2 heterocycles. The van der Waals surface area contributed by atoms with Gasteiger partial charge in [-0.3, -0.25) is 19.0 Å². The third kappa shape index (κ3) is 5.88. The number of carbonyl (C=O) groups excluding carboxylic acids is 3. The average molecular weight is 409 g/mol. The number of hydrogen-bond donors (Lipinski definition) is 1. The molecule has 1 aromatic heterocycles. The van der Waals surface area contributed by atoms with Crippen LogP contribution < -0.4 is 11.0 Å². The Kier molecular flexibility index (Phi) is 7.10. The molecule has 158 valence electrons. The van der Waals surface area contributed by atoms with Gasteiger partial charge in [0.25, 0.3) is 0 Å². The lowest BCUT2D eigenvalue weighted by atomic mass is 10.1. The van der Waals surface area contributed by atoms with Gasteiger partial charge in [0.05, 0.1) is 5.76 Å².